The van der Waals surface area contributed by atoms with Gasteiger partial charge in [0, 0.05) is 23.8 Å². The molecule has 0 radical (unpaired) electrons. The number of aromatic nitrogens is 7. The van der Waals surface area contributed by atoms with Gasteiger partial charge in [-0.05, 0) is 72.8 Å². The third-order valence-corrected chi connectivity index (χ3v) is 6.67. The number of hydrogen-bond acceptors (Lipinski definition) is 9. The molecule has 0 aliphatic rings. The van der Waals surface area contributed by atoms with E-state index < -0.39 is 52.7 Å². The van der Waals surface area contributed by atoms with Crippen molar-refractivity contribution in [3.8, 4) is 28.7 Å². The summed E-state index contributed by atoms with van der Waals surface area (Å²) in [5.74, 6) is -3.03. The minimum Gasteiger partial charge on any atom is -0.504 e. The van der Waals surface area contributed by atoms with Crippen LogP contribution in [0.25, 0.3) is 34.2 Å². The Balaban J connectivity index is 0.000000170. The molecule has 2 aromatic carbocycles. The van der Waals surface area contributed by atoms with Crippen molar-refractivity contribution < 1.29 is 54.5 Å². The van der Waals surface area contributed by atoms with Crippen LogP contribution in [0.3, 0.4) is 0 Å². The first kappa shape index (κ1) is 36.4. The summed E-state index contributed by atoms with van der Waals surface area (Å²) in [6, 6.07) is 14.9. The number of carboxylic acid groups (broad SMARTS) is 1. The highest BCUT2D eigenvalue weighted by Crippen LogP contribution is 2.38. The molecular formula is C32H20F8N8O4. The highest BCUT2D eigenvalue weighted by Gasteiger charge is 2.41. The number of aromatic hydroxyl groups is 1. The maximum atomic E-state index is 13.6. The van der Waals surface area contributed by atoms with Crippen LogP contribution in [0, 0.1) is 11.6 Å². The molecule has 5 aromatic heterocycles. The zero-order chi connectivity index (χ0) is 37.8. The van der Waals surface area contributed by atoms with Gasteiger partial charge in [-0.15, -0.1) is 0 Å². The lowest BCUT2D eigenvalue weighted by molar-refractivity contribution is -0.143. The molecule has 7 rings (SSSR count). The maximum Gasteiger partial charge on any atom is 0.434 e. The number of halogens is 8. The van der Waals surface area contributed by atoms with Gasteiger partial charge in [-0.2, -0.15) is 31.3 Å². The number of alkyl halides is 6. The maximum absolute atomic E-state index is 13.6. The highest BCUT2D eigenvalue weighted by atomic mass is 19.4. The Bertz CT molecular complexity index is 2260. The quantitative estimate of drug-likeness (QED) is 0.156. The lowest BCUT2D eigenvalue weighted by Crippen LogP contribution is -2.16. The summed E-state index contributed by atoms with van der Waals surface area (Å²) in [4.78, 5) is 29.3. The SMILES string of the molecule is Fc1ccc(-n2cnc(-c3nc4ncccc4o3)c2C(F)(F)F)cc1.Nc1ncccc1O.O=C(O)c1ncn(-c2ccc(F)cc2)c1C(F)(F)F. The number of hydrogen-bond donors (Lipinski definition) is 3. The van der Waals surface area contributed by atoms with Crippen molar-refractivity contribution in [1.82, 2.24) is 34.1 Å². The van der Waals surface area contributed by atoms with Crippen molar-refractivity contribution in [2.45, 2.75) is 12.4 Å². The monoisotopic (exact) mass is 732 g/mol. The molecule has 0 amide bonds. The molecule has 0 unspecified atom stereocenters. The van der Waals surface area contributed by atoms with Gasteiger partial charge in [0.15, 0.2) is 45.6 Å². The lowest BCUT2D eigenvalue weighted by Gasteiger charge is -2.12. The van der Waals surface area contributed by atoms with Crippen LogP contribution in [0.5, 0.6) is 5.75 Å². The first-order chi connectivity index (χ1) is 24.5. The van der Waals surface area contributed by atoms with Crippen LogP contribution in [0.2, 0.25) is 0 Å². The van der Waals surface area contributed by atoms with Gasteiger partial charge in [0.1, 0.15) is 24.3 Å². The molecule has 0 saturated carbocycles. The van der Waals surface area contributed by atoms with E-state index in [9.17, 15) is 39.9 Å². The summed E-state index contributed by atoms with van der Waals surface area (Å²) in [6.07, 6.45) is -4.91. The third-order valence-electron chi connectivity index (χ3n) is 6.67. The molecular weight excluding hydrogens is 712 g/mol. The molecule has 0 spiro atoms. The molecule has 5 heterocycles. The van der Waals surface area contributed by atoms with Crippen LogP contribution in [-0.4, -0.2) is 50.2 Å². The fraction of sp³-hybridized carbons (Fsp3) is 0.0625. The summed E-state index contributed by atoms with van der Waals surface area (Å²) in [5.41, 5.74) is 1.63. The molecule has 0 bridgehead atoms. The fourth-order valence-electron chi connectivity index (χ4n) is 4.43. The number of fused-ring (bicyclic) bond motifs is 1. The van der Waals surface area contributed by atoms with E-state index in [4.69, 9.17) is 20.4 Å². The van der Waals surface area contributed by atoms with E-state index in [0.717, 1.165) is 53.6 Å². The third kappa shape index (κ3) is 8.12. The predicted octanol–water partition coefficient (Wildman–Crippen LogP) is 7.33. The molecule has 268 valence electrons. The number of carboxylic acids is 1. The number of aromatic carboxylic acids is 1. The van der Waals surface area contributed by atoms with Crippen molar-refractivity contribution >= 4 is 23.0 Å². The van der Waals surface area contributed by atoms with Crippen molar-refractivity contribution in [2.75, 3.05) is 5.73 Å². The van der Waals surface area contributed by atoms with Gasteiger partial charge in [-0.3, -0.25) is 9.13 Å². The van der Waals surface area contributed by atoms with Crippen LogP contribution in [0.1, 0.15) is 21.9 Å². The number of nitrogens with two attached hydrogens (primary N) is 1. The molecule has 0 atom stereocenters. The minimum absolute atomic E-state index is 0.0336. The second kappa shape index (κ2) is 14.5. The van der Waals surface area contributed by atoms with Gasteiger partial charge in [-0.1, -0.05) is 0 Å². The topological polar surface area (TPSA) is 171 Å². The van der Waals surface area contributed by atoms with Crippen molar-refractivity contribution in [2.24, 2.45) is 0 Å². The summed E-state index contributed by atoms with van der Waals surface area (Å²) in [6.45, 7) is 0. The Labute approximate surface area is 285 Å². The molecule has 52 heavy (non-hydrogen) atoms. The molecule has 7 aromatic rings. The van der Waals surface area contributed by atoms with Crippen LogP contribution in [0.4, 0.5) is 40.9 Å². The van der Waals surface area contributed by atoms with E-state index in [2.05, 4.69) is 24.9 Å². The Kier molecular flexibility index (Phi) is 10.2. The second-order valence-corrected chi connectivity index (χ2v) is 10.1. The Morgan fingerprint density at radius 1 is 0.712 bits per heavy atom. The van der Waals surface area contributed by atoms with Gasteiger partial charge in [0.25, 0.3) is 0 Å². The molecule has 0 aliphatic heterocycles. The predicted molar refractivity (Wildman–Crippen MR) is 165 cm³/mol. The van der Waals surface area contributed by atoms with E-state index in [0.29, 0.717) is 4.57 Å². The number of benzene rings is 2. The first-order valence-corrected chi connectivity index (χ1v) is 14.2. The molecule has 0 aliphatic carbocycles. The van der Waals surface area contributed by atoms with Gasteiger partial charge in [-0.25, -0.2) is 33.5 Å². The second-order valence-electron chi connectivity index (χ2n) is 10.1. The number of imidazole rings is 2. The van der Waals surface area contributed by atoms with Crippen molar-refractivity contribution in [3.05, 3.63) is 127 Å². The van der Waals surface area contributed by atoms with Gasteiger partial charge < -0.3 is 20.4 Å². The van der Waals surface area contributed by atoms with Crippen LogP contribution in [-0.2, 0) is 12.4 Å². The number of nitrogens with zero attached hydrogens (tertiary/aromatic N) is 7. The fourth-order valence-corrected chi connectivity index (χ4v) is 4.43. The summed E-state index contributed by atoms with van der Waals surface area (Å²) < 4.78 is 112. The van der Waals surface area contributed by atoms with Gasteiger partial charge in [0.2, 0.25) is 5.89 Å². The highest BCUT2D eigenvalue weighted by molar-refractivity contribution is 5.87. The Hall–Kier alpha value is -6.86. The Morgan fingerprint density at radius 2 is 1.23 bits per heavy atom. The normalized spacial score (nSPS) is 11.4. The van der Waals surface area contributed by atoms with Gasteiger partial charge in [0.05, 0.1) is 0 Å². The zero-order valence-corrected chi connectivity index (χ0v) is 25.7. The summed E-state index contributed by atoms with van der Waals surface area (Å²) in [7, 11) is 0. The lowest BCUT2D eigenvalue weighted by atomic mass is 10.2. The van der Waals surface area contributed by atoms with Crippen molar-refractivity contribution in [3.63, 3.8) is 0 Å². The number of pyridine rings is 2. The molecule has 12 nitrogen and oxygen atoms in total. The average molecular weight is 733 g/mol. The number of rotatable bonds is 4. The molecule has 20 heteroatoms. The average Bonchev–Trinajstić information content (AvgIpc) is 3.84. The van der Waals surface area contributed by atoms with Crippen LogP contribution >= 0.6 is 0 Å². The van der Waals surface area contributed by atoms with E-state index in [1.165, 1.54) is 30.6 Å². The smallest absolute Gasteiger partial charge is 0.434 e. The minimum atomic E-state index is -4.89. The number of oxazole rings is 1. The van der Waals surface area contributed by atoms with E-state index in [1.54, 1.807) is 18.2 Å². The number of anilines is 1. The van der Waals surface area contributed by atoms with E-state index in [-0.39, 0.29) is 40.1 Å². The van der Waals surface area contributed by atoms with Crippen LogP contribution in [0.15, 0.2) is 102 Å². The summed E-state index contributed by atoms with van der Waals surface area (Å²) >= 11 is 0. The van der Waals surface area contributed by atoms with E-state index in [1.807, 2.05) is 0 Å². The molecule has 4 N–H and O–H groups in total. The molecule has 0 fully saturated rings. The standard InChI is InChI=1S/C16H8F4N4O.C11H6F4N2O2.C5H6N2O/c17-9-3-5-10(6-4-9)24-8-22-12(13(24)16(18,19)20)15-23-14-11(25-15)2-1-7-21-14;12-6-1-3-7(4-2-6)17-5-16-8(10(18)19)9(17)11(13,14)15;6-5-4(8)2-1-3-7-5/h1-8H;1-5H,(H,18,19);1-3,8H,(H2,6,7). The first-order valence-electron chi connectivity index (χ1n) is 14.2. The number of carbonyl (C=O) groups is 1. The largest absolute Gasteiger partial charge is 0.504 e. The molecule has 0 saturated heterocycles. The van der Waals surface area contributed by atoms with Gasteiger partial charge >= 0.3 is 18.3 Å². The van der Waals surface area contributed by atoms with E-state index >= 15 is 0 Å². The summed E-state index contributed by atoms with van der Waals surface area (Å²) in [5, 5.41) is 17.4. The Morgan fingerprint density at radius 3 is 1.71 bits per heavy atom. The number of nitrogen functional groups attached to an aromatic ring is 1. The van der Waals surface area contributed by atoms with Crippen LogP contribution < -0.4 is 5.73 Å². The zero-order valence-electron chi connectivity index (χ0n) is 25.7. The van der Waals surface area contributed by atoms with Crippen molar-refractivity contribution in [1.29, 1.82) is 0 Å².